The highest BCUT2D eigenvalue weighted by Gasteiger charge is 2.39. The van der Waals surface area contributed by atoms with Crippen LogP contribution >= 0.6 is 11.6 Å². The Bertz CT molecular complexity index is 1350. The van der Waals surface area contributed by atoms with E-state index in [4.69, 9.17) is 17.3 Å². The van der Waals surface area contributed by atoms with Crippen molar-refractivity contribution >= 4 is 33.3 Å². The summed E-state index contributed by atoms with van der Waals surface area (Å²) in [7, 11) is -5.04. The van der Waals surface area contributed by atoms with Crippen LogP contribution in [0, 0.1) is 23.5 Å². The lowest BCUT2D eigenvalue weighted by atomic mass is 10.1. The first-order valence-corrected chi connectivity index (χ1v) is 10.1. The van der Waals surface area contributed by atoms with Crippen LogP contribution in [0.3, 0.4) is 0 Å². The van der Waals surface area contributed by atoms with Gasteiger partial charge >= 0.3 is 6.18 Å². The molecule has 2 heterocycles. The molecule has 7 nitrogen and oxygen atoms in total. The molecule has 2 aromatic heterocycles. The minimum atomic E-state index is -5.15. The quantitative estimate of drug-likeness (QED) is 0.429. The molecule has 0 fully saturated rings. The summed E-state index contributed by atoms with van der Waals surface area (Å²) in [6.07, 6.45) is -2.17. The van der Waals surface area contributed by atoms with Crippen LogP contribution in [0.25, 0.3) is 0 Å². The Morgan fingerprint density at radius 3 is 2.31 bits per heavy atom. The molecule has 1 aromatic carbocycles. The molecule has 0 amide bonds. The fraction of sp³-hybridized carbons (Fsp3) is 0.0556. The van der Waals surface area contributed by atoms with Crippen LogP contribution in [-0.2, 0) is 16.2 Å². The van der Waals surface area contributed by atoms with E-state index in [1.807, 2.05) is 0 Å². The van der Waals surface area contributed by atoms with E-state index in [1.54, 1.807) is 4.72 Å². The molecule has 166 valence electrons. The zero-order valence-electron chi connectivity index (χ0n) is 15.4. The Hall–Kier alpha value is -3.50. The molecule has 0 saturated heterocycles. The van der Waals surface area contributed by atoms with E-state index in [1.165, 1.54) is 12.4 Å². The molecular formula is C18H9ClF5N5O2S. The lowest BCUT2D eigenvalue weighted by Gasteiger charge is -2.14. The number of anilines is 2. The summed E-state index contributed by atoms with van der Waals surface area (Å²) in [4.78, 5) is 8.96. The number of pyridine rings is 1. The Labute approximate surface area is 182 Å². The molecule has 0 aliphatic carbocycles. The second kappa shape index (κ2) is 8.56. The minimum Gasteiger partial charge on any atom is -0.368 e. The van der Waals surface area contributed by atoms with Gasteiger partial charge in [0.05, 0.1) is 21.8 Å². The molecule has 3 aromatic rings. The maximum atomic E-state index is 14.8. The number of sulfonamides is 1. The molecule has 0 unspecified atom stereocenters. The number of alkyl halides is 3. The van der Waals surface area contributed by atoms with E-state index in [0.29, 0.717) is 24.4 Å². The van der Waals surface area contributed by atoms with E-state index >= 15 is 0 Å². The van der Waals surface area contributed by atoms with Crippen LogP contribution in [0.4, 0.5) is 33.6 Å². The van der Waals surface area contributed by atoms with Crippen LogP contribution < -0.4 is 10.5 Å². The second-order valence-corrected chi connectivity index (χ2v) is 8.05. The van der Waals surface area contributed by atoms with Gasteiger partial charge < -0.3 is 5.73 Å². The van der Waals surface area contributed by atoms with Gasteiger partial charge in [0.2, 0.25) is 5.95 Å². The summed E-state index contributed by atoms with van der Waals surface area (Å²) in [6.45, 7) is 0. The molecule has 0 saturated carbocycles. The predicted molar refractivity (Wildman–Crippen MR) is 104 cm³/mol. The monoisotopic (exact) mass is 489 g/mol. The Kier molecular flexibility index (Phi) is 6.20. The van der Waals surface area contributed by atoms with Gasteiger partial charge in [0.15, 0.2) is 11.5 Å². The summed E-state index contributed by atoms with van der Waals surface area (Å²) in [5.74, 6) is 1.86. The molecule has 0 aliphatic rings. The molecule has 14 heteroatoms. The molecule has 0 aliphatic heterocycles. The number of hydrogen-bond acceptors (Lipinski definition) is 6. The Morgan fingerprint density at radius 2 is 1.69 bits per heavy atom. The van der Waals surface area contributed by atoms with Crippen molar-refractivity contribution < 1.29 is 30.4 Å². The number of halogens is 6. The summed E-state index contributed by atoms with van der Waals surface area (Å²) >= 11 is 5.58. The molecule has 0 bridgehead atoms. The van der Waals surface area contributed by atoms with Crippen molar-refractivity contribution in [3.63, 3.8) is 0 Å². The van der Waals surface area contributed by atoms with E-state index < -0.39 is 54.7 Å². The normalized spacial score (nSPS) is 11.6. The lowest BCUT2D eigenvalue weighted by Crippen LogP contribution is -2.21. The molecule has 3 rings (SSSR count). The number of nitrogens with zero attached hydrogens (tertiary/aromatic N) is 3. The van der Waals surface area contributed by atoms with Gasteiger partial charge in [0.25, 0.3) is 10.0 Å². The summed E-state index contributed by atoms with van der Waals surface area (Å²) < 4.78 is 95.1. The average molecular weight is 490 g/mol. The fourth-order valence-corrected chi connectivity index (χ4v) is 3.81. The van der Waals surface area contributed by atoms with Crippen LogP contribution in [0.15, 0.2) is 41.7 Å². The second-order valence-electron chi connectivity index (χ2n) is 5.97. The molecule has 32 heavy (non-hydrogen) atoms. The third-order valence-corrected chi connectivity index (χ3v) is 5.30. The minimum absolute atomic E-state index is 0.0574. The summed E-state index contributed by atoms with van der Waals surface area (Å²) in [5.41, 5.74) is 2.00. The van der Waals surface area contributed by atoms with Crippen molar-refractivity contribution in [3.05, 3.63) is 70.3 Å². The maximum absolute atomic E-state index is 14.8. The van der Waals surface area contributed by atoms with Gasteiger partial charge in [0, 0.05) is 18.6 Å². The number of nitrogens with one attached hydrogen (secondary N) is 1. The van der Waals surface area contributed by atoms with Crippen molar-refractivity contribution in [2.45, 2.75) is 11.1 Å². The Morgan fingerprint density at radius 1 is 1.03 bits per heavy atom. The summed E-state index contributed by atoms with van der Waals surface area (Å²) in [6, 6.07) is 1.87. The van der Waals surface area contributed by atoms with Crippen LogP contribution in [0.5, 0.6) is 0 Å². The number of rotatable bonds is 3. The third kappa shape index (κ3) is 5.04. The van der Waals surface area contributed by atoms with Gasteiger partial charge in [-0.05, 0) is 18.2 Å². The molecule has 0 radical (unpaired) electrons. The van der Waals surface area contributed by atoms with E-state index in [9.17, 15) is 30.4 Å². The third-order valence-electron chi connectivity index (χ3n) is 3.72. The number of benzene rings is 1. The maximum Gasteiger partial charge on any atom is 0.434 e. The van der Waals surface area contributed by atoms with Gasteiger partial charge in [-0.2, -0.15) is 13.2 Å². The van der Waals surface area contributed by atoms with Crippen LogP contribution in [0.1, 0.15) is 16.8 Å². The van der Waals surface area contributed by atoms with Gasteiger partial charge in [-0.25, -0.2) is 32.2 Å². The van der Waals surface area contributed by atoms with Crippen molar-refractivity contribution in [3.8, 4) is 11.8 Å². The highest BCUT2D eigenvalue weighted by Crippen LogP contribution is 2.35. The highest BCUT2D eigenvalue weighted by molar-refractivity contribution is 7.92. The largest absolute Gasteiger partial charge is 0.434 e. The first kappa shape index (κ1) is 23.2. The molecule has 3 N–H and O–H groups in total. The van der Waals surface area contributed by atoms with Gasteiger partial charge in [0.1, 0.15) is 10.7 Å². The fourth-order valence-electron chi connectivity index (χ4n) is 2.32. The highest BCUT2D eigenvalue weighted by atomic mass is 35.5. The van der Waals surface area contributed by atoms with Crippen molar-refractivity contribution in [1.29, 1.82) is 0 Å². The molecular weight excluding hydrogens is 481 g/mol. The van der Waals surface area contributed by atoms with Gasteiger partial charge in [-0.1, -0.05) is 23.4 Å². The van der Waals surface area contributed by atoms with E-state index in [2.05, 4.69) is 26.8 Å². The smallest absolute Gasteiger partial charge is 0.368 e. The van der Waals surface area contributed by atoms with Crippen molar-refractivity contribution in [2.24, 2.45) is 0 Å². The molecule has 0 spiro atoms. The number of aromatic nitrogens is 3. The van der Waals surface area contributed by atoms with Crippen LogP contribution in [-0.4, -0.2) is 23.4 Å². The molecule has 0 atom stereocenters. The predicted octanol–water partition coefficient (Wildman–Crippen LogP) is 3.60. The Balaban J connectivity index is 2.03. The van der Waals surface area contributed by atoms with Gasteiger partial charge in [-0.3, -0.25) is 4.72 Å². The van der Waals surface area contributed by atoms with Crippen molar-refractivity contribution in [2.75, 3.05) is 10.5 Å². The number of nitrogens with two attached hydrogens (primary N) is 1. The average Bonchev–Trinajstić information content (AvgIpc) is 2.70. The summed E-state index contributed by atoms with van der Waals surface area (Å²) in [5, 5.41) is -0.407. The first-order chi connectivity index (χ1) is 14.9. The van der Waals surface area contributed by atoms with E-state index in [-0.39, 0.29) is 11.5 Å². The topological polar surface area (TPSA) is 111 Å². The van der Waals surface area contributed by atoms with E-state index in [0.717, 1.165) is 0 Å². The lowest BCUT2D eigenvalue weighted by molar-refractivity contribution is -0.143. The number of hydrogen-bond donors (Lipinski definition) is 2. The van der Waals surface area contributed by atoms with Crippen molar-refractivity contribution in [1.82, 2.24) is 15.0 Å². The zero-order chi connectivity index (χ0) is 23.7. The SMILES string of the molecule is Nc1ncc(C#Cc2c(F)ccc(NS(=O)(=O)c3cc(Cl)cnc3C(F)(F)F)c2F)cn1. The number of nitrogen functional groups attached to an aromatic ring is 1. The zero-order valence-corrected chi connectivity index (χ0v) is 16.9. The standard InChI is InChI=1S/C18H9ClF5N5O2S/c19-10-5-14(16(26-8-10)18(22,23)24)32(30,31)29-13-4-3-12(20)11(15(13)21)2-1-9-6-27-17(25)28-7-9/h3-8,29H,(H2,25,27,28). The van der Waals surface area contributed by atoms with Crippen LogP contribution in [0.2, 0.25) is 5.02 Å². The first-order valence-electron chi connectivity index (χ1n) is 8.21. The van der Waals surface area contributed by atoms with Gasteiger partial charge in [-0.15, -0.1) is 0 Å².